The van der Waals surface area contributed by atoms with Gasteiger partial charge >= 0.3 is 5.97 Å². The third-order valence-electron chi connectivity index (χ3n) is 11.2. The fraction of sp³-hybridized carbons (Fsp3) is 0.697. The molecule has 1 aliphatic carbocycles. The Kier molecular flexibility index (Phi) is 7.97. The van der Waals surface area contributed by atoms with E-state index in [4.69, 9.17) is 24.0 Å². The fourth-order valence-corrected chi connectivity index (χ4v) is 8.63. The third-order valence-corrected chi connectivity index (χ3v) is 11.2. The molecule has 1 aromatic heterocycles. The summed E-state index contributed by atoms with van der Waals surface area (Å²) in [5.41, 5.74) is -0.693. The van der Waals surface area contributed by atoms with Gasteiger partial charge in [-0.2, -0.15) is 0 Å². The van der Waals surface area contributed by atoms with E-state index in [9.17, 15) is 14.7 Å². The molecule has 6 heterocycles. The Labute approximate surface area is 262 Å². The summed E-state index contributed by atoms with van der Waals surface area (Å²) >= 11 is 0. The molecule has 0 radical (unpaired) electrons. The quantitative estimate of drug-likeness (QED) is 0.448. The molecule has 1 aromatic carbocycles. The predicted octanol–water partition coefficient (Wildman–Crippen LogP) is 4.21. The van der Waals surface area contributed by atoms with Crippen molar-refractivity contribution in [1.82, 2.24) is 9.47 Å². The zero-order chi connectivity index (χ0) is 31.7. The average Bonchev–Trinajstić information content (AvgIpc) is 3.25. The van der Waals surface area contributed by atoms with E-state index < -0.39 is 41.2 Å². The molecule has 1 saturated carbocycles. The van der Waals surface area contributed by atoms with Gasteiger partial charge in [0.25, 0.3) is 0 Å². The van der Waals surface area contributed by atoms with E-state index in [-0.39, 0.29) is 22.8 Å². The van der Waals surface area contributed by atoms with Gasteiger partial charge < -0.3 is 28.8 Å². The Bertz CT molecular complexity index is 1530. The zero-order valence-corrected chi connectivity index (χ0v) is 26.5. The van der Waals surface area contributed by atoms with Gasteiger partial charge in [-0.3, -0.25) is 9.69 Å². The van der Waals surface area contributed by atoms with E-state index in [1.807, 2.05) is 18.7 Å². The molecule has 6 aliphatic rings. The lowest BCUT2D eigenvalue weighted by atomic mass is 9.58. The molecule has 2 unspecified atom stereocenters. The standard InChI is InChI=1S/C33H44FN3O8/c1-5-36-18-22(29(39)40)28(38)21-16-25(34)27(17-26(21)36)37-12-10-35(11-13-37)14-15-41-30-20(3)24-7-6-19(2)23-8-9-32(4)43-31(42-30)33(23,24)45-44-32/h16-20,23-24,30-31H,5-15H2,1-4H3,(H,39,40)/t19-,20-,23?,24+,30+,31-,32+,33?/m1/s1. The maximum Gasteiger partial charge on any atom is 0.341 e. The highest BCUT2D eigenvalue weighted by molar-refractivity contribution is 5.93. The highest BCUT2D eigenvalue weighted by atomic mass is 19.1. The third kappa shape index (κ3) is 5.08. The maximum atomic E-state index is 15.3. The lowest BCUT2D eigenvalue weighted by Crippen LogP contribution is -2.70. The molecular formula is C33H44FN3O8. The number of aromatic carboxylic acids is 1. The Morgan fingerprint density at radius 2 is 1.89 bits per heavy atom. The minimum absolute atomic E-state index is 0.0763. The van der Waals surface area contributed by atoms with Crippen LogP contribution in [0.25, 0.3) is 10.9 Å². The molecule has 246 valence electrons. The Balaban J connectivity index is 0.984. The van der Waals surface area contributed by atoms with Crippen LogP contribution in [0.4, 0.5) is 10.1 Å². The van der Waals surface area contributed by atoms with Crippen LogP contribution in [0.2, 0.25) is 0 Å². The first-order valence-corrected chi connectivity index (χ1v) is 16.4. The topological polar surface area (TPSA) is 112 Å². The van der Waals surface area contributed by atoms with Crippen molar-refractivity contribution in [3.05, 3.63) is 39.9 Å². The van der Waals surface area contributed by atoms with Crippen molar-refractivity contribution < 1.29 is 38.3 Å². The second-order valence-electron chi connectivity index (χ2n) is 13.8. The van der Waals surface area contributed by atoms with E-state index in [2.05, 4.69) is 18.7 Å². The summed E-state index contributed by atoms with van der Waals surface area (Å²) in [5, 5.41) is 9.50. The second kappa shape index (κ2) is 11.6. The number of benzene rings is 1. The van der Waals surface area contributed by atoms with Gasteiger partial charge in [0.05, 0.1) is 17.8 Å². The van der Waals surface area contributed by atoms with Crippen molar-refractivity contribution in [2.75, 3.05) is 44.2 Å². The van der Waals surface area contributed by atoms with Crippen molar-refractivity contribution in [2.24, 2.45) is 23.7 Å². The highest BCUT2D eigenvalue weighted by Crippen LogP contribution is 2.60. The molecule has 45 heavy (non-hydrogen) atoms. The number of piperazine rings is 1. The van der Waals surface area contributed by atoms with Gasteiger partial charge in [0.15, 0.2) is 18.2 Å². The molecule has 0 amide bonds. The lowest BCUT2D eigenvalue weighted by Gasteiger charge is -2.60. The van der Waals surface area contributed by atoms with Gasteiger partial charge in [0, 0.05) is 69.1 Å². The number of rotatable bonds is 7. The number of pyridine rings is 1. The number of fused-ring (bicyclic) bond motifs is 3. The van der Waals surface area contributed by atoms with Crippen LogP contribution in [-0.4, -0.2) is 83.8 Å². The summed E-state index contributed by atoms with van der Waals surface area (Å²) in [6, 6.07) is 2.85. The SMILES string of the molecule is CCn1cc(C(=O)O)c(=O)c2cc(F)c(N3CCN(CCO[C@H]4O[C@@H]5O[C@]6(C)CCC7[C@H](C)CC[C@@H]([C@H]4C)C75OO6)CC3)cc21. The number of carboxylic acids is 1. The largest absolute Gasteiger partial charge is 0.477 e. The number of hydrogen-bond acceptors (Lipinski definition) is 9. The molecule has 1 spiro atoms. The number of halogens is 1. The molecule has 1 N–H and O–H groups in total. The van der Waals surface area contributed by atoms with E-state index in [0.717, 1.165) is 38.8 Å². The number of anilines is 1. The zero-order valence-electron chi connectivity index (χ0n) is 26.5. The predicted molar refractivity (Wildman–Crippen MR) is 162 cm³/mol. The van der Waals surface area contributed by atoms with Crippen LogP contribution in [0.5, 0.6) is 0 Å². The summed E-state index contributed by atoms with van der Waals surface area (Å²) in [7, 11) is 0. The molecule has 12 heteroatoms. The van der Waals surface area contributed by atoms with Crippen molar-refractivity contribution in [3.63, 3.8) is 0 Å². The Morgan fingerprint density at radius 1 is 1.11 bits per heavy atom. The molecule has 8 rings (SSSR count). The van der Waals surface area contributed by atoms with Gasteiger partial charge in [0.1, 0.15) is 11.4 Å². The monoisotopic (exact) mass is 629 g/mol. The maximum absolute atomic E-state index is 15.3. The van der Waals surface area contributed by atoms with E-state index in [0.29, 0.717) is 55.8 Å². The van der Waals surface area contributed by atoms with E-state index >= 15 is 4.39 Å². The second-order valence-corrected chi connectivity index (χ2v) is 13.8. The van der Waals surface area contributed by atoms with Crippen LogP contribution in [-0.2, 0) is 30.5 Å². The summed E-state index contributed by atoms with van der Waals surface area (Å²) in [6.45, 7) is 12.6. The molecule has 5 aliphatic heterocycles. The molecule has 2 bridgehead atoms. The van der Waals surface area contributed by atoms with Crippen molar-refractivity contribution in [1.29, 1.82) is 0 Å². The average molecular weight is 630 g/mol. The van der Waals surface area contributed by atoms with Crippen LogP contribution in [0.15, 0.2) is 23.1 Å². The normalized spacial score (nSPS) is 36.6. The summed E-state index contributed by atoms with van der Waals surface area (Å²) < 4.78 is 36.4. The van der Waals surface area contributed by atoms with Crippen LogP contribution >= 0.6 is 0 Å². The van der Waals surface area contributed by atoms with Crippen LogP contribution < -0.4 is 10.3 Å². The lowest BCUT2D eigenvalue weighted by molar-refractivity contribution is -0.577. The Hall–Kier alpha value is -2.61. The van der Waals surface area contributed by atoms with Crippen molar-refractivity contribution in [3.8, 4) is 0 Å². The number of ether oxygens (including phenoxy) is 3. The number of aromatic nitrogens is 1. The number of hydrogen-bond donors (Lipinski definition) is 1. The first-order valence-electron chi connectivity index (χ1n) is 16.4. The van der Waals surface area contributed by atoms with Crippen molar-refractivity contribution >= 4 is 22.6 Å². The molecule has 5 saturated heterocycles. The first kappa shape index (κ1) is 31.0. The summed E-state index contributed by atoms with van der Waals surface area (Å²) in [5.74, 6) is -1.51. The molecule has 2 aromatic rings. The van der Waals surface area contributed by atoms with Gasteiger partial charge in [-0.25, -0.2) is 19.0 Å². The summed E-state index contributed by atoms with van der Waals surface area (Å²) in [4.78, 5) is 40.7. The molecule has 6 fully saturated rings. The smallest absolute Gasteiger partial charge is 0.341 e. The molecule has 11 nitrogen and oxygen atoms in total. The molecular weight excluding hydrogens is 585 g/mol. The van der Waals surface area contributed by atoms with Gasteiger partial charge in [-0.15, -0.1) is 0 Å². The fourth-order valence-electron chi connectivity index (χ4n) is 8.63. The first-order chi connectivity index (χ1) is 21.5. The van der Waals surface area contributed by atoms with Crippen LogP contribution in [0, 0.1) is 29.5 Å². The van der Waals surface area contributed by atoms with Gasteiger partial charge in [-0.05, 0) is 57.1 Å². The number of carboxylic acid groups (broad SMARTS) is 1. The van der Waals surface area contributed by atoms with Gasteiger partial charge in [-0.1, -0.05) is 13.8 Å². The van der Waals surface area contributed by atoms with Crippen molar-refractivity contribution in [2.45, 2.75) is 83.9 Å². The minimum Gasteiger partial charge on any atom is -0.477 e. The highest BCUT2D eigenvalue weighted by Gasteiger charge is 2.69. The van der Waals surface area contributed by atoms with E-state index in [1.165, 1.54) is 12.3 Å². The summed E-state index contributed by atoms with van der Waals surface area (Å²) in [6.07, 6.45) is 4.33. The number of carbonyl (C=O) groups is 1. The number of nitrogens with zero attached hydrogens (tertiary/aromatic N) is 3. The molecule has 8 atom stereocenters. The Morgan fingerprint density at radius 3 is 2.62 bits per heavy atom. The number of aryl methyl sites for hydroxylation is 1. The van der Waals surface area contributed by atoms with Crippen LogP contribution in [0.3, 0.4) is 0 Å². The van der Waals surface area contributed by atoms with Gasteiger partial charge in [0.2, 0.25) is 11.2 Å². The van der Waals surface area contributed by atoms with E-state index in [1.54, 1.807) is 10.6 Å². The van der Waals surface area contributed by atoms with Crippen LogP contribution in [0.1, 0.15) is 63.7 Å². The minimum atomic E-state index is -1.32.